The third-order valence-corrected chi connectivity index (χ3v) is 5.36. The number of ether oxygens (including phenoxy) is 1. The first-order chi connectivity index (χ1) is 15.4. The van der Waals surface area contributed by atoms with Gasteiger partial charge in [0.05, 0.1) is 29.4 Å². The van der Waals surface area contributed by atoms with Gasteiger partial charge in [0, 0.05) is 5.92 Å². The molecule has 0 radical (unpaired) electrons. The highest BCUT2D eigenvalue weighted by Crippen LogP contribution is 2.34. The number of piperidine rings is 1. The molecule has 0 unspecified atom stereocenters. The number of hydrogen-bond acceptors (Lipinski definition) is 7. The Morgan fingerprint density at radius 2 is 1.94 bits per heavy atom. The SMILES string of the molecule is O=C1Cc2c(-c3noc(-c4ccccc4OC(F)(F)F)n3)cnn2C(C2CCNCC2)=N1. The van der Waals surface area contributed by atoms with Crippen LogP contribution in [0.3, 0.4) is 0 Å². The van der Waals surface area contributed by atoms with Gasteiger partial charge in [-0.2, -0.15) is 15.1 Å². The Hall–Kier alpha value is -3.54. The van der Waals surface area contributed by atoms with Crippen LogP contribution in [0.2, 0.25) is 0 Å². The number of nitrogens with zero attached hydrogens (tertiary/aromatic N) is 5. The zero-order chi connectivity index (χ0) is 22.3. The number of halogens is 3. The minimum Gasteiger partial charge on any atom is -0.405 e. The number of carbonyl (C=O) groups excluding carboxylic acids is 1. The standard InChI is InChI=1S/C20H17F3N6O3/c21-20(22,23)31-15-4-2-1-3-12(15)19-27-17(28-32-19)13-10-25-29-14(13)9-16(30)26-18(29)11-5-7-24-8-6-11/h1-4,10-11,24H,5-9H2. The van der Waals surface area contributed by atoms with Gasteiger partial charge in [0.25, 0.3) is 11.8 Å². The molecule has 5 rings (SSSR count). The molecule has 0 atom stereocenters. The maximum Gasteiger partial charge on any atom is 0.573 e. The van der Waals surface area contributed by atoms with Gasteiger partial charge in [-0.05, 0) is 38.1 Å². The van der Waals surface area contributed by atoms with Crippen molar-refractivity contribution in [1.82, 2.24) is 25.2 Å². The molecule has 0 bridgehead atoms. The van der Waals surface area contributed by atoms with Crippen molar-refractivity contribution in [2.24, 2.45) is 10.9 Å². The van der Waals surface area contributed by atoms with Crippen molar-refractivity contribution < 1.29 is 27.2 Å². The van der Waals surface area contributed by atoms with E-state index in [0.717, 1.165) is 32.0 Å². The van der Waals surface area contributed by atoms with E-state index in [4.69, 9.17) is 4.52 Å². The van der Waals surface area contributed by atoms with E-state index in [0.29, 0.717) is 17.1 Å². The quantitative estimate of drug-likeness (QED) is 0.657. The molecule has 166 valence electrons. The zero-order valence-electron chi connectivity index (χ0n) is 16.6. The number of alkyl halides is 3. The molecule has 12 heteroatoms. The molecule has 9 nitrogen and oxygen atoms in total. The molecular weight excluding hydrogens is 429 g/mol. The van der Waals surface area contributed by atoms with Crippen molar-refractivity contribution in [2.45, 2.75) is 25.6 Å². The van der Waals surface area contributed by atoms with Gasteiger partial charge in [-0.15, -0.1) is 13.2 Å². The number of para-hydroxylation sites is 1. The molecule has 0 saturated carbocycles. The van der Waals surface area contributed by atoms with Gasteiger partial charge < -0.3 is 14.6 Å². The first kappa shape index (κ1) is 20.4. The van der Waals surface area contributed by atoms with Crippen LogP contribution in [-0.4, -0.2) is 51.1 Å². The van der Waals surface area contributed by atoms with Crippen LogP contribution in [0.15, 0.2) is 40.0 Å². The Morgan fingerprint density at radius 3 is 2.72 bits per heavy atom. The summed E-state index contributed by atoms with van der Waals surface area (Å²) in [5.74, 6) is -0.0874. The lowest BCUT2D eigenvalue weighted by Gasteiger charge is -2.26. The molecular formula is C20H17F3N6O3. The predicted octanol–water partition coefficient (Wildman–Crippen LogP) is 2.83. The van der Waals surface area contributed by atoms with Gasteiger partial charge in [-0.3, -0.25) is 4.79 Å². The fourth-order valence-electron chi connectivity index (χ4n) is 3.93. The molecule has 32 heavy (non-hydrogen) atoms. The van der Waals surface area contributed by atoms with Gasteiger partial charge in [0.1, 0.15) is 11.6 Å². The maximum atomic E-state index is 12.7. The Kier molecular flexibility index (Phi) is 5.00. The summed E-state index contributed by atoms with van der Waals surface area (Å²) in [4.78, 5) is 20.8. The molecule has 1 aromatic carbocycles. The molecule has 2 aliphatic rings. The van der Waals surface area contributed by atoms with Crippen LogP contribution in [0.25, 0.3) is 22.8 Å². The summed E-state index contributed by atoms with van der Waals surface area (Å²) < 4.78 is 49.1. The van der Waals surface area contributed by atoms with Gasteiger partial charge in [-0.25, -0.2) is 4.68 Å². The number of fused-ring (bicyclic) bond motifs is 1. The second-order valence-corrected chi connectivity index (χ2v) is 7.45. The van der Waals surface area contributed by atoms with E-state index in [2.05, 4.69) is 30.3 Å². The molecule has 1 N–H and O–H groups in total. The fourth-order valence-corrected chi connectivity index (χ4v) is 3.93. The summed E-state index contributed by atoms with van der Waals surface area (Å²) in [6.07, 6.45) is -1.67. The Balaban J connectivity index is 1.49. The average Bonchev–Trinajstić information content (AvgIpc) is 3.40. The first-order valence-electron chi connectivity index (χ1n) is 9.97. The number of aromatic nitrogens is 4. The Labute approximate surface area is 179 Å². The van der Waals surface area contributed by atoms with E-state index in [-0.39, 0.29) is 35.5 Å². The molecule has 1 amide bonds. The summed E-state index contributed by atoms with van der Waals surface area (Å²) in [5, 5.41) is 11.6. The third kappa shape index (κ3) is 3.88. The molecule has 1 saturated heterocycles. The number of carbonyl (C=O) groups is 1. The topological polar surface area (TPSA) is 107 Å². The monoisotopic (exact) mass is 446 g/mol. The predicted molar refractivity (Wildman–Crippen MR) is 105 cm³/mol. The molecule has 1 fully saturated rings. The van der Waals surface area contributed by atoms with Gasteiger partial charge >= 0.3 is 6.36 Å². The largest absolute Gasteiger partial charge is 0.573 e. The van der Waals surface area contributed by atoms with Crippen molar-refractivity contribution >= 4 is 11.7 Å². The highest BCUT2D eigenvalue weighted by molar-refractivity contribution is 6.01. The van der Waals surface area contributed by atoms with Crippen molar-refractivity contribution in [2.75, 3.05) is 13.1 Å². The van der Waals surface area contributed by atoms with Crippen LogP contribution in [-0.2, 0) is 11.2 Å². The normalized spacial score (nSPS) is 17.2. The van der Waals surface area contributed by atoms with Crippen LogP contribution >= 0.6 is 0 Å². The second kappa shape index (κ2) is 7.86. The van der Waals surface area contributed by atoms with E-state index in [1.807, 2.05) is 0 Å². The van der Waals surface area contributed by atoms with Crippen LogP contribution in [0.5, 0.6) is 5.75 Å². The summed E-state index contributed by atoms with van der Waals surface area (Å²) in [6, 6.07) is 5.49. The van der Waals surface area contributed by atoms with Crippen LogP contribution in [0.1, 0.15) is 18.5 Å². The minimum atomic E-state index is -4.87. The first-order valence-corrected chi connectivity index (χ1v) is 9.97. The summed E-state index contributed by atoms with van der Waals surface area (Å²) >= 11 is 0. The smallest absolute Gasteiger partial charge is 0.405 e. The number of benzene rings is 1. The summed E-state index contributed by atoms with van der Waals surface area (Å²) in [5.41, 5.74) is 1.03. The Bertz CT molecular complexity index is 1190. The van der Waals surface area contributed by atoms with Crippen molar-refractivity contribution in [1.29, 1.82) is 0 Å². The minimum absolute atomic E-state index is 0.00218. The molecule has 2 aromatic heterocycles. The molecule has 4 heterocycles. The second-order valence-electron chi connectivity index (χ2n) is 7.45. The van der Waals surface area contributed by atoms with Crippen LogP contribution in [0, 0.1) is 5.92 Å². The lowest BCUT2D eigenvalue weighted by Crippen LogP contribution is -2.38. The van der Waals surface area contributed by atoms with Gasteiger partial charge in [0.2, 0.25) is 5.82 Å². The van der Waals surface area contributed by atoms with E-state index in [9.17, 15) is 18.0 Å². The number of rotatable bonds is 4. The van der Waals surface area contributed by atoms with E-state index in [1.54, 1.807) is 4.68 Å². The molecule has 0 aliphatic carbocycles. The highest BCUT2D eigenvalue weighted by atomic mass is 19.4. The Morgan fingerprint density at radius 1 is 1.16 bits per heavy atom. The summed E-state index contributed by atoms with van der Waals surface area (Å²) in [7, 11) is 0. The van der Waals surface area contributed by atoms with Crippen molar-refractivity contribution in [3.8, 4) is 28.6 Å². The number of aliphatic imine (C=N–C) groups is 1. The summed E-state index contributed by atoms with van der Waals surface area (Å²) in [6.45, 7) is 1.66. The van der Waals surface area contributed by atoms with E-state index < -0.39 is 12.1 Å². The van der Waals surface area contributed by atoms with Crippen LogP contribution < -0.4 is 10.1 Å². The molecule has 2 aliphatic heterocycles. The number of nitrogens with one attached hydrogen (secondary N) is 1. The van der Waals surface area contributed by atoms with Crippen LogP contribution in [0.4, 0.5) is 13.2 Å². The van der Waals surface area contributed by atoms with E-state index >= 15 is 0 Å². The van der Waals surface area contributed by atoms with Gasteiger partial charge in [-0.1, -0.05) is 17.3 Å². The van der Waals surface area contributed by atoms with Crippen molar-refractivity contribution in [3.05, 3.63) is 36.2 Å². The fraction of sp³-hybridized carbons (Fsp3) is 0.350. The maximum absolute atomic E-state index is 12.7. The molecule has 3 aromatic rings. The lowest BCUT2D eigenvalue weighted by molar-refractivity contribution is -0.274. The average molecular weight is 446 g/mol. The van der Waals surface area contributed by atoms with Crippen molar-refractivity contribution in [3.63, 3.8) is 0 Å². The zero-order valence-corrected chi connectivity index (χ0v) is 16.6. The number of amides is 1. The molecule has 0 spiro atoms. The third-order valence-electron chi connectivity index (χ3n) is 5.36. The highest BCUT2D eigenvalue weighted by Gasteiger charge is 2.34. The lowest BCUT2D eigenvalue weighted by atomic mass is 9.95. The van der Waals surface area contributed by atoms with Gasteiger partial charge in [0.15, 0.2) is 0 Å². The van der Waals surface area contributed by atoms with E-state index in [1.165, 1.54) is 24.4 Å². The number of hydrogen-bond donors (Lipinski definition) is 1.